The lowest BCUT2D eigenvalue weighted by Crippen LogP contribution is -2.34. The molecule has 1 aliphatic carbocycles. The predicted octanol–water partition coefficient (Wildman–Crippen LogP) is 3.73. The van der Waals surface area contributed by atoms with Crippen LogP contribution in [0.15, 0.2) is 44.2 Å². The summed E-state index contributed by atoms with van der Waals surface area (Å²) in [7, 11) is -3.64. The molecule has 0 saturated heterocycles. The highest BCUT2D eigenvalue weighted by Gasteiger charge is 2.41. The highest BCUT2D eigenvalue weighted by Crippen LogP contribution is 2.42. The molecule has 0 radical (unpaired) electrons. The summed E-state index contributed by atoms with van der Waals surface area (Å²) in [6.07, 6.45) is 2.97. The van der Waals surface area contributed by atoms with Gasteiger partial charge in [0, 0.05) is 15.5 Å². The first kappa shape index (κ1) is 20.4. The Kier molecular flexibility index (Phi) is 5.98. The van der Waals surface area contributed by atoms with Crippen molar-refractivity contribution in [2.75, 3.05) is 0 Å². The fourth-order valence-electron chi connectivity index (χ4n) is 2.57. The number of hydrogen-bond donors (Lipinski definition) is 2. The Bertz CT molecular complexity index is 877. The molecule has 2 rings (SSSR count). The molecule has 2 atom stereocenters. The predicted molar refractivity (Wildman–Crippen MR) is 105 cm³/mol. The minimum Gasteiger partial charge on any atom is -0.481 e. The number of hydrogen-bond acceptors (Lipinski definition) is 4. The van der Waals surface area contributed by atoms with Gasteiger partial charge in [0.15, 0.2) is 9.84 Å². The van der Waals surface area contributed by atoms with Crippen LogP contribution in [0.2, 0.25) is 0 Å². The Balaban J connectivity index is 2.38. The largest absolute Gasteiger partial charge is 0.481 e. The maximum absolute atomic E-state index is 12.9. The number of sulfone groups is 1. The summed E-state index contributed by atoms with van der Waals surface area (Å²) in [5, 5.41) is 9.44. The first-order valence-electron chi connectivity index (χ1n) is 7.55. The van der Waals surface area contributed by atoms with Gasteiger partial charge in [0.1, 0.15) is 0 Å². The van der Waals surface area contributed by atoms with E-state index in [0.29, 0.717) is 16.6 Å². The zero-order valence-electron chi connectivity index (χ0n) is 13.8. The fourth-order valence-corrected chi connectivity index (χ4v) is 6.26. The quantitative estimate of drug-likeness (QED) is 0.652. The Labute approximate surface area is 164 Å². The van der Waals surface area contributed by atoms with Crippen molar-refractivity contribution in [3.8, 4) is 0 Å². The van der Waals surface area contributed by atoms with Crippen LogP contribution in [0.5, 0.6) is 0 Å². The van der Waals surface area contributed by atoms with Crippen LogP contribution in [0.3, 0.4) is 0 Å². The lowest BCUT2D eigenvalue weighted by atomic mass is 9.75. The molecule has 25 heavy (non-hydrogen) atoms. The Morgan fingerprint density at radius 1 is 1.36 bits per heavy atom. The summed E-state index contributed by atoms with van der Waals surface area (Å²) in [5.74, 6) is -1.65. The lowest BCUT2D eigenvalue weighted by Gasteiger charge is -2.31. The molecule has 136 valence electrons. The minimum atomic E-state index is -3.64. The van der Waals surface area contributed by atoms with Crippen molar-refractivity contribution in [3.63, 3.8) is 0 Å². The number of allylic oxidation sites excluding steroid dienone is 2. The summed E-state index contributed by atoms with van der Waals surface area (Å²) in [5.41, 5.74) is 5.96. The van der Waals surface area contributed by atoms with Gasteiger partial charge in [-0.05, 0) is 46.0 Å². The van der Waals surface area contributed by atoms with Crippen LogP contribution in [0.1, 0.15) is 25.0 Å². The maximum Gasteiger partial charge on any atom is 0.313 e. The number of aliphatic carboxylic acids is 1. The number of carboxylic acid groups (broad SMARTS) is 1. The molecule has 3 N–H and O–H groups in total. The normalized spacial score (nSPS) is 23.8. The Morgan fingerprint density at radius 2 is 2.00 bits per heavy atom. The molecule has 0 aliphatic heterocycles. The number of benzene rings is 1. The van der Waals surface area contributed by atoms with Gasteiger partial charge in [-0.25, -0.2) is 8.42 Å². The highest BCUT2D eigenvalue weighted by molar-refractivity contribution is 9.12. The maximum atomic E-state index is 12.9. The van der Waals surface area contributed by atoms with Crippen LogP contribution < -0.4 is 5.73 Å². The molecule has 1 aromatic rings. The third-order valence-electron chi connectivity index (χ3n) is 4.50. The monoisotopic (exact) mass is 491 g/mol. The average Bonchev–Trinajstić information content (AvgIpc) is 2.52. The van der Waals surface area contributed by atoms with E-state index in [1.807, 2.05) is 0 Å². The molecule has 0 spiro atoms. The van der Waals surface area contributed by atoms with Crippen LogP contribution in [-0.4, -0.2) is 19.5 Å². The van der Waals surface area contributed by atoms with E-state index in [9.17, 15) is 18.3 Å². The van der Waals surface area contributed by atoms with Crippen LogP contribution in [0.4, 0.5) is 0 Å². The summed E-state index contributed by atoms with van der Waals surface area (Å²) in [6.45, 7) is 3.64. The second kappa shape index (κ2) is 7.34. The molecule has 0 heterocycles. The topological polar surface area (TPSA) is 97.5 Å². The second-order valence-corrected chi connectivity index (χ2v) is 9.96. The molecule has 0 saturated carbocycles. The van der Waals surface area contributed by atoms with Gasteiger partial charge < -0.3 is 10.8 Å². The molecule has 2 unspecified atom stereocenters. The van der Waals surface area contributed by atoms with E-state index < -0.39 is 27.1 Å². The van der Waals surface area contributed by atoms with Crippen molar-refractivity contribution >= 4 is 47.7 Å². The van der Waals surface area contributed by atoms with E-state index in [1.165, 1.54) is 12.2 Å². The third-order valence-corrected chi connectivity index (χ3v) is 7.88. The van der Waals surface area contributed by atoms with Gasteiger partial charge in [-0.15, -0.1) is 0 Å². The van der Waals surface area contributed by atoms with Gasteiger partial charge in [0.25, 0.3) is 0 Å². The van der Waals surface area contributed by atoms with Crippen LogP contribution >= 0.6 is 31.9 Å². The standard InChI is InChI=1S/C17H19Br2NO4S/c1-10-5-15(14(19)7-17(10,2)16(21)22)25(23,24)9-12-4-3-11(8-20)6-13(12)18/h3-7,10H,8-9,20H2,1-2H3,(H,21,22). The molecule has 0 amide bonds. The molecular formula is C17H19Br2NO4S. The lowest BCUT2D eigenvalue weighted by molar-refractivity contribution is -0.146. The second-order valence-electron chi connectivity index (χ2n) is 6.29. The smallest absolute Gasteiger partial charge is 0.313 e. The van der Waals surface area contributed by atoms with E-state index >= 15 is 0 Å². The average molecular weight is 493 g/mol. The summed E-state index contributed by atoms with van der Waals surface area (Å²) in [6, 6.07) is 5.32. The van der Waals surface area contributed by atoms with E-state index in [4.69, 9.17) is 5.73 Å². The van der Waals surface area contributed by atoms with Crippen molar-refractivity contribution in [2.24, 2.45) is 17.1 Å². The first-order chi connectivity index (χ1) is 11.5. The fraction of sp³-hybridized carbons (Fsp3) is 0.353. The van der Waals surface area contributed by atoms with Crippen LogP contribution in [0, 0.1) is 11.3 Å². The van der Waals surface area contributed by atoms with Gasteiger partial charge in [-0.3, -0.25) is 4.79 Å². The summed E-state index contributed by atoms with van der Waals surface area (Å²) in [4.78, 5) is 11.6. The van der Waals surface area contributed by atoms with E-state index in [2.05, 4.69) is 31.9 Å². The zero-order valence-corrected chi connectivity index (χ0v) is 17.8. The van der Waals surface area contributed by atoms with Gasteiger partial charge in [0.05, 0.1) is 16.1 Å². The summed E-state index contributed by atoms with van der Waals surface area (Å²) < 4.78 is 26.7. The van der Waals surface area contributed by atoms with Gasteiger partial charge >= 0.3 is 5.97 Å². The van der Waals surface area contributed by atoms with Crippen molar-refractivity contribution in [1.82, 2.24) is 0 Å². The van der Waals surface area contributed by atoms with Gasteiger partial charge in [-0.2, -0.15) is 0 Å². The number of nitrogens with two attached hydrogens (primary N) is 1. The number of rotatable bonds is 5. The van der Waals surface area contributed by atoms with Crippen LogP contribution in [-0.2, 0) is 26.9 Å². The van der Waals surface area contributed by atoms with Gasteiger partial charge in [0.2, 0.25) is 0 Å². The Hall–Kier alpha value is -0.960. The van der Waals surface area contributed by atoms with E-state index in [0.717, 1.165) is 5.56 Å². The van der Waals surface area contributed by atoms with Crippen molar-refractivity contribution < 1.29 is 18.3 Å². The van der Waals surface area contributed by atoms with Gasteiger partial charge in [-0.1, -0.05) is 47.1 Å². The molecule has 0 bridgehead atoms. The summed E-state index contributed by atoms with van der Waals surface area (Å²) >= 11 is 6.62. The van der Waals surface area contributed by atoms with E-state index in [-0.39, 0.29) is 15.1 Å². The van der Waals surface area contributed by atoms with E-state index in [1.54, 1.807) is 32.0 Å². The molecule has 0 fully saturated rings. The van der Waals surface area contributed by atoms with Crippen LogP contribution in [0.25, 0.3) is 0 Å². The third kappa shape index (κ3) is 4.07. The molecule has 1 aliphatic rings. The first-order valence-corrected chi connectivity index (χ1v) is 10.8. The molecule has 1 aromatic carbocycles. The highest BCUT2D eigenvalue weighted by atomic mass is 79.9. The molecular weight excluding hydrogens is 474 g/mol. The Morgan fingerprint density at radius 3 is 2.52 bits per heavy atom. The minimum absolute atomic E-state index is 0.119. The number of halogens is 2. The SMILES string of the molecule is CC1C=C(S(=O)(=O)Cc2ccc(CN)cc2Br)C(Br)=CC1(C)C(=O)O. The van der Waals surface area contributed by atoms with Crippen molar-refractivity contribution in [2.45, 2.75) is 26.1 Å². The number of carboxylic acids is 1. The molecule has 0 aromatic heterocycles. The zero-order chi connectivity index (χ0) is 19.0. The molecule has 8 heteroatoms. The van der Waals surface area contributed by atoms with Crippen molar-refractivity contribution in [3.05, 3.63) is 55.3 Å². The molecule has 5 nitrogen and oxygen atoms in total. The number of carbonyl (C=O) groups is 1. The van der Waals surface area contributed by atoms with Crippen molar-refractivity contribution in [1.29, 1.82) is 0 Å².